The standard InChI is InChI=1S/C15H16N4OS/c16-7-1-4-15(20)17-11-5-6-14-18-12(10-19(14)9-11)13-3-2-8-21-13/h2-3,5-6,8-10H,1,4,7,16H2,(H,17,20). The molecule has 3 heterocycles. The quantitative estimate of drug-likeness (QED) is 0.761. The summed E-state index contributed by atoms with van der Waals surface area (Å²) >= 11 is 1.66. The second-order valence-electron chi connectivity index (χ2n) is 4.73. The Labute approximate surface area is 126 Å². The molecule has 0 aliphatic carbocycles. The number of imidazole rings is 1. The van der Waals surface area contributed by atoms with Crippen LogP contribution in [0.3, 0.4) is 0 Å². The minimum absolute atomic E-state index is 0.0154. The molecular weight excluding hydrogens is 284 g/mol. The number of carbonyl (C=O) groups excluding carboxylic acids is 1. The molecule has 0 radical (unpaired) electrons. The SMILES string of the molecule is NCCCC(=O)Nc1ccc2nc(-c3cccs3)cn2c1. The van der Waals surface area contributed by atoms with Gasteiger partial charge >= 0.3 is 0 Å². The first-order chi connectivity index (χ1) is 10.3. The minimum Gasteiger partial charge on any atom is -0.330 e. The van der Waals surface area contributed by atoms with Gasteiger partial charge in [-0.1, -0.05) is 6.07 Å². The zero-order valence-corrected chi connectivity index (χ0v) is 12.3. The van der Waals surface area contributed by atoms with Crippen LogP contribution >= 0.6 is 11.3 Å². The molecule has 0 aliphatic heterocycles. The summed E-state index contributed by atoms with van der Waals surface area (Å²) in [6.45, 7) is 0.526. The lowest BCUT2D eigenvalue weighted by atomic mass is 10.3. The Kier molecular flexibility index (Phi) is 3.98. The fourth-order valence-electron chi connectivity index (χ4n) is 2.09. The molecule has 0 saturated heterocycles. The predicted octanol–water partition coefficient (Wildman–Crippen LogP) is 2.74. The summed E-state index contributed by atoms with van der Waals surface area (Å²) in [7, 11) is 0. The molecule has 3 rings (SSSR count). The van der Waals surface area contributed by atoms with Crippen molar-refractivity contribution in [3.63, 3.8) is 0 Å². The first-order valence-corrected chi connectivity index (χ1v) is 7.67. The molecule has 6 heteroatoms. The lowest BCUT2D eigenvalue weighted by Gasteiger charge is -2.04. The summed E-state index contributed by atoms with van der Waals surface area (Å²) in [5, 5.41) is 4.90. The third-order valence-electron chi connectivity index (χ3n) is 3.12. The van der Waals surface area contributed by atoms with Crippen molar-refractivity contribution in [1.29, 1.82) is 0 Å². The topological polar surface area (TPSA) is 72.4 Å². The number of fused-ring (bicyclic) bond motifs is 1. The van der Waals surface area contributed by atoms with Gasteiger partial charge in [0.25, 0.3) is 0 Å². The number of anilines is 1. The lowest BCUT2D eigenvalue weighted by Crippen LogP contribution is -2.13. The van der Waals surface area contributed by atoms with E-state index in [1.807, 2.05) is 46.4 Å². The molecule has 3 aromatic rings. The molecule has 0 unspecified atom stereocenters. The van der Waals surface area contributed by atoms with Crippen LogP contribution in [0, 0.1) is 0 Å². The van der Waals surface area contributed by atoms with E-state index >= 15 is 0 Å². The summed E-state index contributed by atoms with van der Waals surface area (Å²) in [5.41, 5.74) is 7.97. The molecule has 3 N–H and O–H groups in total. The van der Waals surface area contributed by atoms with Crippen molar-refractivity contribution in [3.8, 4) is 10.6 Å². The molecule has 1 amide bonds. The summed E-state index contributed by atoms with van der Waals surface area (Å²) in [4.78, 5) is 17.4. The van der Waals surface area contributed by atoms with Crippen LogP contribution in [-0.2, 0) is 4.79 Å². The maximum Gasteiger partial charge on any atom is 0.224 e. The van der Waals surface area contributed by atoms with Crippen LogP contribution < -0.4 is 11.1 Å². The Bertz CT molecular complexity index is 748. The molecule has 3 aromatic heterocycles. The highest BCUT2D eigenvalue weighted by Gasteiger charge is 2.07. The van der Waals surface area contributed by atoms with E-state index in [1.165, 1.54) is 0 Å². The molecule has 0 spiro atoms. The summed E-state index contributed by atoms with van der Waals surface area (Å²) in [6.07, 6.45) is 4.98. The maximum absolute atomic E-state index is 11.7. The van der Waals surface area contributed by atoms with Crippen LogP contribution in [0.25, 0.3) is 16.2 Å². The average Bonchev–Trinajstić information content (AvgIpc) is 3.13. The van der Waals surface area contributed by atoms with Gasteiger partial charge in [0.15, 0.2) is 0 Å². The fraction of sp³-hybridized carbons (Fsp3) is 0.200. The van der Waals surface area contributed by atoms with E-state index in [4.69, 9.17) is 5.73 Å². The predicted molar refractivity (Wildman–Crippen MR) is 85.4 cm³/mol. The van der Waals surface area contributed by atoms with Crippen molar-refractivity contribution in [2.24, 2.45) is 5.73 Å². The third-order valence-corrected chi connectivity index (χ3v) is 4.01. The number of hydrogen-bond acceptors (Lipinski definition) is 4. The van der Waals surface area contributed by atoms with Crippen LogP contribution in [-0.4, -0.2) is 21.8 Å². The van der Waals surface area contributed by atoms with Crippen molar-refractivity contribution >= 4 is 28.6 Å². The molecule has 0 bridgehead atoms. The Hall–Kier alpha value is -2.18. The normalized spacial score (nSPS) is 10.9. The number of aromatic nitrogens is 2. The number of nitrogens with zero attached hydrogens (tertiary/aromatic N) is 2. The van der Waals surface area contributed by atoms with E-state index in [9.17, 15) is 4.79 Å². The van der Waals surface area contributed by atoms with E-state index in [-0.39, 0.29) is 5.91 Å². The molecule has 0 aromatic carbocycles. The van der Waals surface area contributed by atoms with Gasteiger partial charge in [-0.3, -0.25) is 4.79 Å². The third kappa shape index (κ3) is 3.12. The highest BCUT2D eigenvalue weighted by molar-refractivity contribution is 7.13. The van der Waals surface area contributed by atoms with Crippen LogP contribution in [0.1, 0.15) is 12.8 Å². The number of amides is 1. The van der Waals surface area contributed by atoms with Crippen LogP contribution in [0.5, 0.6) is 0 Å². The Balaban J connectivity index is 1.81. The van der Waals surface area contributed by atoms with E-state index in [0.717, 1.165) is 21.9 Å². The van der Waals surface area contributed by atoms with Gasteiger partial charge in [0.2, 0.25) is 5.91 Å². The molecule has 0 atom stereocenters. The highest BCUT2D eigenvalue weighted by Crippen LogP contribution is 2.24. The van der Waals surface area contributed by atoms with Crippen LogP contribution in [0.2, 0.25) is 0 Å². The van der Waals surface area contributed by atoms with Crippen LogP contribution in [0.4, 0.5) is 5.69 Å². The number of nitrogens with two attached hydrogens (primary N) is 1. The summed E-state index contributed by atoms with van der Waals surface area (Å²) in [5.74, 6) is -0.0154. The second-order valence-corrected chi connectivity index (χ2v) is 5.67. The number of carbonyl (C=O) groups is 1. The Morgan fingerprint density at radius 3 is 3.00 bits per heavy atom. The molecule has 5 nitrogen and oxygen atoms in total. The van der Waals surface area contributed by atoms with Crippen molar-refractivity contribution in [2.75, 3.05) is 11.9 Å². The van der Waals surface area contributed by atoms with Crippen molar-refractivity contribution < 1.29 is 4.79 Å². The van der Waals surface area contributed by atoms with Gasteiger partial charge in [0.05, 0.1) is 16.3 Å². The largest absolute Gasteiger partial charge is 0.330 e. The van der Waals surface area contributed by atoms with Crippen molar-refractivity contribution in [3.05, 3.63) is 42.0 Å². The molecule has 108 valence electrons. The zero-order valence-electron chi connectivity index (χ0n) is 11.5. The van der Waals surface area contributed by atoms with Gasteiger partial charge < -0.3 is 15.5 Å². The van der Waals surface area contributed by atoms with Gasteiger partial charge in [-0.05, 0) is 36.5 Å². The van der Waals surface area contributed by atoms with Crippen molar-refractivity contribution in [2.45, 2.75) is 12.8 Å². The zero-order chi connectivity index (χ0) is 14.7. The fourth-order valence-corrected chi connectivity index (χ4v) is 2.77. The lowest BCUT2D eigenvalue weighted by molar-refractivity contribution is -0.116. The number of nitrogens with one attached hydrogen (secondary N) is 1. The van der Waals surface area contributed by atoms with Gasteiger partial charge in [-0.15, -0.1) is 11.3 Å². The van der Waals surface area contributed by atoms with E-state index < -0.39 is 0 Å². The van der Waals surface area contributed by atoms with Gasteiger partial charge in [0, 0.05) is 18.8 Å². The van der Waals surface area contributed by atoms with E-state index in [2.05, 4.69) is 10.3 Å². The highest BCUT2D eigenvalue weighted by atomic mass is 32.1. The molecule has 0 aliphatic rings. The molecule has 21 heavy (non-hydrogen) atoms. The van der Waals surface area contributed by atoms with Crippen molar-refractivity contribution in [1.82, 2.24) is 9.38 Å². The maximum atomic E-state index is 11.7. The molecular formula is C15H16N4OS. The van der Waals surface area contributed by atoms with Gasteiger partial charge in [-0.25, -0.2) is 4.98 Å². The summed E-state index contributed by atoms with van der Waals surface area (Å²) in [6, 6.07) is 7.81. The van der Waals surface area contributed by atoms with Crippen LogP contribution in [0.15, 0.2) is 42.0 Å². The first-order valence-electron chi connectivity index (χ1n) is 6.79. The minimum atomic E-state index is -0.0154. The smallest absolute Gasteiger partial charge is 0.224 e. The molecule has 0 saturated carbocycles. The van der Waals surface area contributed by atoms with Gasteiger partial charge in [0.1, 0.15) is 5.65 Å². The first kappa shape index (κ1) is 13.8. The number of pyridine rings is 1. The van der Waals surface area contributed by atoms with Gasteiger partial charge in [-0.2, -0.15) is 0 Å². The monoisotopic (exact) mass is 300 g/mol. The number of hydrogen-bond donors (Lipinski definition) is 2. The Morgan fingerprint density at radius 1 is 1.33 bits per heavy atom. The number of rotatable bonds is 5. The van der Waals surface area contributed by atoms with E-state index in [0.29, 0.717) is 19.4 Å². The van der Waals surface area contributed by atoms with E-state index in [1.54, 1.807) is 11.3 Å². The Morgan fingerprint density at radius 2 is 2.24 bits per heavy atom. The molecule has 0 fully saturated rings. The average molecular weight is 300 g/mol. The second kappa shape index (κ2) is 6.07. The summed E-state index contributed by atoms with van der Waals surface area (Å²) < 4.78 is 1.92. The number of thiophene rings is 1.